The molecule has 116 valence electrons. The predicted octanol–water partition coefficient (Wildman–Crippen LogP) is 4.14. The molecule has 0 bridgehead atoms. The van der Waals surface area contributed by atoms with Crippen molar-refractivity contribution >= 4 is 11.6 Å². The second-order valence-corrected chi connectivity index (χ2v) is 6.12. The lowest BCUT2D eigenvalue weighted by atomic mass is 9.87. The van der Waals surface area contributed by atoms with Gasteiger partial charge in [0.15, 0.2) is 6.61 Å². The van der Waals surface area contributed by atoms with Crippen LogP contribution >= 0.6 is 0 Å². The summed E-state index contributed by atoms with van der Waals surface area (Å²) >= 11 is 0. The molecule has 0 unspecified atom stereocenters. The molecule has 4 heteroatoms. The van der Waals surface area contributed by atoms with Gasteiger partial charge in [0.05, 0.1) is 0 Å². The van der Waals surface area contributed by atoms with Gasteiger partial charge in [-0.1, -0.05) is 32.9 Å². The number of rotatable bonds is 4. The van der Waals surface area contributed by atoms with Crippen molar-refractivity contribution < 1.29 is 13.9 Å². The second kappa shape index (κ2) is 6.60. The van der Waals surface area contributed by atoms with Gasteiger partial charge in [0.1, 0.15) is 11.6 Å². The standard InChI is InChI=1S/C18H20FNO2/c1-18(2,3)13-4-10-16(11-5-13)22-12-17(21)20-15-8-6-14(19)7-9-15/h4-11H,12H2,1-3H3,(H,20,21). The Morgan fingerprint density at radius 2 is 1.64 bits per heavy atom. The number of anilines is 1. The molecule has 2 aromatic rings. The first-order chi connectivity index (χ1) is 10.3. The SMILES string of the molecule is CC(C)(C)c1ccc(OCC(=O)Nc2ccc(F)cc2)cc1. The number of ether oxygens (including phenoxy) is 1. The number of carbonyl (C=O) groups excluding carboxylic acids is 1. The fourth-order valence-electron chi connectivity index (χ4n) is 1.93. The molecule has 0 aromatic heterocycles. The van der Waals surface area contributed by atoms with Gasteiger partial charge in [-0.15, -0.1) is 0 Å². The number of carbonyl (C=O) groups is 1. The van der Waals surface area contributed by atoms with E-state index in [0.29, 0.717) is 11.4 Å². The van der Waals surface area contributed by atoms with Gasteiger partial charge in [0.25, 0.3) is 5.91 Å². The van der Waals surface area contributed by atoms with Gasteiger partial charge >= 0.3 is 0 Å². The van der Waals surface area contributed by atoms with Gasteiger partial charge in [0, 0.05) is 5.69 Å². The van der Waals surface area contributed by atoms with Gasteiger partial charge in [-0.2, -0.15) is 0 Å². The van der Waals surface area contributed by atoms with E-state index in [1.807, 2.05) is 24.3 Å². The molecule has 0 spiro atoms. The fraction of sp³-hybridized carbons (Fsp3) is 0.278. The number of halogens is 1. The Morgan fingerprint density at radius 3 is 2.18 bits per heavy atom. The van der Waals surface area contributed by atoms with Crippen molar-refractivity contribution in [2.45, 2.75) is 26.2 Å². The lowest BCUT2D eigenvalue weighted by Gasteiger charge is -2.19. The summed E-state index contributed by atoms with van der Waals surface area (Å²) in [6.45, 7) is 6.32. The van der Waals surface area contributed by atoms with Gasteiger partial charge in [0.2, 0.25) is 0 Å². The summed E-state index contributed by atoms with van der Waals surface area (Å²) < 4.78 is 18.2. The molecular weight excluding hydrogens is 281 g/mol. The zero-order valence-electron chi connectivity index (χ0n) is 13.0. The Morgan fingerprint density at radius 1 is 1.05 bits per heavy atom. The molecule has 0 fully saturated rings. The Bertz CT molecular complexity index is 628. The van der Waals surface area contributed by atoms with Gasteiger partial charge < -0.3 is 10.1 Å². The van der Waals surface area contributed by atoms with Crippen molar-refractivity contribution in [3.05, 3.63) is 59.9 Å². The maximum atomic E-state index is 12.8. The maximum Gasteiger partial charge on any atom is 0.262 e. The zero-order chi connectivity index (χ0) is 16.2. The molecule has 2 aromatic carbocycles. The summed E-state index contributed by atoms with van der Waals surface area (Å²) in [4.78, 5) is 11.8. The third kappa shape index (κ3) is 4.58. The lowest BCUT2D eigenvalue weighted by molar-refractivity contribution is -0.118. The highest BCUT2D eigenvalue weighted by Crippen LogP contribution is 2.24. The summed E-state index contributed by atoms with van der Waals surface area (Å²) in [5.74, 6) is 0.0157. The molecule has 1 N–H and O–H groups in total. The molecule has 22 heavy (non-hydrogen) atoms. The van der Waals surface area contributed by atoms with Crippen molar-refractivity contribution in [3.8, 4) is 5.75 Å². The minimum Gasteiger partial charge on any atom is -0.484 e. The Labute approximate surface area is 130 Å². The van der Waals surface area contributed by atoms with Gasteiger partial charge in [-0.05, 0) is 47.4 Å². The minimum atomic E-state index is -0.340. The van der Waals surface area contributed by atoms with Crippen LogP contribution in [0.15, 0.2) is 48.5 Å². The Kier molecular flexibility index (Phi) is 4.81. The van der Waals surface area contributed by atoms with Crippen LogP contribution in [0, 0.1) is 5.82 Å². The van der Waals surface area contributed by atoms with Crippen LogP contribution in [0.1, 0.15) is 26.3 Å². The van der Waals surface area contributed by atoms with E-state index in [4.69, 9.17) is 4.74 Å². The first-order valence-electron chi connectivity index (χ1n) is 7.13. The molecule has 3 nitrogen and oxygen atoms in total. The maximum absolute atomic E-state index is 12.8. The number of hydrogen-bond donors (Lipinski definition) is 1. The van der Waals surface area contributed by atoms with Crippen LogP contribution in [0.4, 0.5) is 10.1 Å². The lowest BCUT2D eigenvalue weighted by Crippen LogP contribution is -2.20. The summed E-state index contributed by atoms with van der Waals surface area (Å²) in [5.41, 5.74) is 1.83. The first kappa shape index (κ1) is 16.0. The van der Waals surface area contributed by atoms with Crippen LogP contribution in [0.25, 0.3) is 0 Å². The fourth-order valence-corrected chi connectivity index (χ4v) is 1.93. The third-order valence-electron chi connectivity index (χ3n) is 3.22. The first-order valence-corrected chi connectivity index (χ1v) is 7.13. The van der Waals surface area contributed by atoms with Crippen molar-refractivity contribution in [2.24, 2.45) is 0 Å². The molecule has 0 aliphatic rings. The summed E-state index contributed by atoms with van der Waals surface area (Å²) in [7, 11) is 0. The predicted molar refractivity (Wildman–Crippen MR) is 85.7 cm³/mol. The van der Waals surface area contributed by atoms with Crippen LogP contribution in [0.5, 0.6) is 5.75 Å². The largest absolute Gasteiger partial charge is 0.484 e. The van der Waals surface area contributed by atoms with Crippen LogP contribution in [-0.2, 0) is 10.2 Å². The summed E-state index contributed by atoms with van der Waals surface area (Å²) in [5, 5.41) is 2.64. The zero-order valence-corrected chi connectivity index (χ0v) is 13.0. The van der Waals surface area contributed by atoms with Crippen molar-refractivity contribution in [3.63, 3.8) is 0 Å². The average molecular weight is 301 g/mol. The van der Waals surface area contributed by atoms with Crippen molar-refractivity contribution in [1.29, 1.82) is 0 Å². The highest BCUT2D eigenvalue weighted by molar-refractivity contribution is 5.91. The monoisotopic (exact) mass is 301 g/mol. The molecule has 1 amide bonds. The van der Waals surface area contributed by atoms with E-state index < -0.39 is 0 Å². The molecule has 0 heterocycles. The summed E-state index contributed by atoms with van der Waals surface area (Å²) in [6, 6.07) is 13.3. The molecule has 0 aliphatic heterocycles. The number of amides is 1. The van der Waals surface area contributed by atoms with E-state index in [0.717, 1.165) is 0 Å². The van der Waals surface area contributed by atoms with E-state index in [1.165, 1.54) is 29.8 Å². The van der Waals surface area contributed by atoms with E-state index in [2.05, 4.69) is 26.1 Å². The quantitative estimate of drug-likeness (QED) is 0.921. The third-order valence-corrected chi connectivity index (χ3v) is 3.22. The highest BCUT2D eigenvalue weighted by atomic mass is 19.1. The molecule has 0 aliphatic carbocycles. The van der Waals surface area contributed by atoms with E-state index in [9.17, 15) is 9.18 Å². The Balaban J connectivity index is 1.87. The average Bonchev–Trinajstić information content (AvgIpc) is 2.47. The van der Waals surface area contributed by atoms with E-state index in [1.54, 1.807) is 0 Å². The molecule has 0 atom stereocenters. The topological polar surface area (TPSA) is 38.3 Å². The van der Waals surface area contributed by atoms with Crippen LogP contribution in [0.3, 0.4) is 0 Å². The highest BCUT2D eigenvalue weighted by Gasteiger charge is 2.13. The summed E-state index contributed by atoms with van der Waals surface area (Å²) in [6.07, 6.45) is 0. The number of nitrogens with one attached hydrogen (secondary N) is 1. The van der Waals surface area contributed by atoms with Crippen LogP contribution in [0.2, 0.25) is 0 Å². The minimum absolute atomic E-state index is 0.0818. The molecule has 0 radical (unpaired) electrons. The van der Waals surface area contributed by atoms with Gasteiger partial charge in [-0.3, -0.25) is 4.79 Å². The van der Waals surface area contributed by atoms with Crippen molar-refractivity contribution in [2.75, 3.05) is 11.9 Å². The Hall–Kier alpha value is -2.36. The van der Waals surface area contributed by atoms with Crippen LogP contribution in [-0.4, -0.2) is 12.5 Å². The second-order valence-electron chi connectivity index (χ2n) is 6.12. The molecule has 0 saturated carbocycles. The number of benzene rings is 2. The molecule has 0 saturated heterocycles. The molecular formula is C18H20FNO2. The number of hydrogen-bond acceptors (Lipinski definition) is 2. The van der Waals surface area contributed by atoms with E-state index >= 15 is 0 Å². The van der Waals surface area contributed by atoms with E-state index in [-0.39, 0.29) is 23.7 Å². The molecule has 2 rings (SSSR count). The van der Waals surface area contributed by atoms with Crippen molar-refractivity contribution in [1.82, 2.24) is 0 Å². The van der Waals surface area contributed by atoms with Gasteiger partial charge in [-0.25, -0.2) is 4.39 Å². The van der Waals surface area contributed by atoms with Crippen LogP contribution < -0.4 is 10.1 Å². The normalized spacial score (nSPS) is 11.1. The smallest absolute Gasteiger partial charge is 0.262 e.